The van der Waals surface area contributed by atoms with Crippen LogP contribution in [0.25, 0.3) is 0 Å². The van der Waals surface area contributed by atoms with Crippen molar-refractivity contribution in [2.45, 2.75) is 13.1 Å². The number of nitrogens with zero attached hydrogens (tertiary/aromatic N) is 2. The van der Waals surface area contributed by atoms with Crippen molar-refractivity contribution in [2.75, 3.05) is 11.4 Å². The van der Waals surface area contributed by atoms with Crippen molar-refractivity contribution in [1.82, 2.24) is 0 Å². The average Bonchev–Trinajstić information content (AvgIpc) is 2.96. The van der Waals surface area contributed by atoms with Gasteiger partial charge in [0.2, 0.25) is 0 Å². The molecule has 0 N–H and O–H groups in total. The molecule has 22 heavy (non-hydrogen) atoms. The van der Waals surface area contributed by atoms with Crippen molar-refractivity contribution >= 4 is 22.9 Å². The van der Waals surface area contributed by atoms with Crippen molar-refractivity contribution in [3.8, 4) is 6.07 Å². The van der Waals surface area contributed by atoms with Crippen LogP contribution >= 0.6 is 11.3 Å². The average molecular weight is 324 g/mol. The van der Waals surface area contributed by atoms with E-state index < -0.39 is 17.6 Å². The highest BCUT2D eigenvalue weighted by molar-refractivity contribution is 7.12. The predicted octanol–water partition coefficient (Wildman–Crippen LogP) is 4.31. The molecule has 0 fully saturated rings. The largest absolute Gasteiger partial charge is 0.416 e. The Bertz CT molecular complexity index is 714. The molecule has 0 aliphatic heterocycles. The Labute approximate surface area is 129 Å². The zero-order valence-electron chi connectivity index (χ0n) is 11.5. The summed E-state index contributed by atoms with van der Waals surface area (Å²) in [5, 5.41) is 10.6. The summed E-state index contributed by atoms with van der Waals surface area (Å²) in [5.41, 5.74) is -0.147. The summed E-state index contributed by atoms with van der Waals surface area (Å²) in [6, 6.07) is 7.85. The van der Waals surface area contributed by atoms with Gasteiger partial charge in [-0.2, -0.15) is 18.4 Å². The van der Waals surface area contributed by atoms with E-state index in [-0.39, 0.29) is 17.0 Å². The summed E-state index contributed by atoms with van der Waals surface area (Å²) in [7, 11) is 0. The minimum atomic E-state index is -4.42. The molecule has 1 amide bonds. The Morgan fingerprint density at radius 2 is 1.91 bits per heavy atom. The number of benzene rings is 1. The van der Waals surface area contributed by atoms with Crippen molar-refractivity contribution in [2.24, 2.45) is 0 Å². The monoisotopic (exact) mass is 324 g/mol. The highest BCUT2D eigenvalue weighted by Gasteiger charge is 2.30. The van der Waals surface area contributed by atoms with Gasteiger partial charge in [-0.15, -0.1) is 11.3 Å². The molecular formula is C15H11F3N2OS. The maximum Gasteiger partial charge on any atom is 0.416 e. The molecule has 114 valence electrons. The van der Waals surface area contributed by atoms with Crippen molar-refractivity contribution < 1.29 is 18.0 Å². The van der Waals surface area contributed by atoms with E-state index in [2.05, 4.69) is 0 Å². The number of nitriles is 1. The van der Waals surface area contributed by atoms with E-state index >= 15 is 0 Å². The highest BCUT2D eigenvalue weighted by atomic mass is 32.1. The minimum absolute atomic E-state index is 0.264. The van der Waals surface area contributed by atoms with Crippen LogP contribution in [0.3, 0.4) is 0 Å². The molecule has 0 radical (unpaired) electrons. The molecule has 3 nitrogen and oxygen atoms in total. The second kappa shape index (κ2) is 6.20. The summed E-state index contributed by atoms with van der Waals surface area (Å²) in [5.74, 6) is -0.395. The number of hydrogen-bond acceptors (Lipinski definition) is 3. The van der Waals surface area contributed by atoms with Gasteiger partial charge < -0.3 is 4.90 Å². The van der Waals surface area contributed by atoms with Gasteiger partial charge in [-0.1, -0.05) is 0 Å². The lowest BCUT2D eigenvalue weighted by molar-refractivity contribution is -0.137. The van der Waals surface area contributed by atoms with Crippen LogP contribution in [0, 0.1) is 11.3 Å². The third-order valence-electron chi connectivity index (χ3n) is 3.05. The van der Waals surface area contributed by atoms with Gasteiger partial charge in [-0.05, 0) is 42.6 Å². The lowest BCUT2D eigenvalue weighted by atomic mass is 10.1. The van der Waals surface area contributed by atoms with Crippen LogP contribution in [-0.4, -0.2) is 12.5 Å². The maximum absolute atomic E-state index is 12.6. The summed E-state index contributed by atoms with van der Waals surface area (Å²) in [4.78, 5) is 14.1. The Balaban J connectivity index is 2.33. The molecule has 2 aromatic rings. The molecule has 0 aliphatic carbocycles. The third kappa shape index (κ3) is 3.12. The fourth-order valence-electron chi connectivity index (χ4n) is 1.96. The molecule has 0 unspecified atom stereocenters. The smallest absolute Gasteiger partial charge is 0.308 e. The van der Waals surface area contributed by atoms with Gasteiger partial charge in [0.15, 0.2) is 0 Å². The number of carbonyl (C=O) groups is 1. The molecular weight excluding hydrogens is 313 g/mol. The zero-order chi connectivity index (χ0) is 16.3. The van der Waals surface area contributed by atoms with Gasteiger partial charge in [0.05, 0.1) is 11.1 Å². The number of carbonyl (C=O) groups excluding carboxylic acids is 1. The molecule has 2 rings (SSSR count). The van der Waals surface area contributed by atoms with E-state index in [0.717, 1.165) is 23.5 Å². The zero-order valence-corrected chi connectivity index (χ0v) is 12.3. The molecule has 0 bridgehead atoms. The second-order valence-electron chi connectivity index (χ2n) is 4.37. The first-order chi connectivity index (χ1) is 10.4. The summed E-state index contributed by atoms with van der Waals surface area (Å²) >= 11 is 1.13. The van der Waals surface area contributed by atoms with Crippen LogP contribution in [0.15, 0.2) is 35.7 Å². The van der Waals surface area contributed by atoms with Crippen LogP contribution in [-0.2, 0) is 6.18 Å². The van der Waals surface area contributed by atoms with Gasteiger partial charge in [-0.3, -0.25) is 4.79 Å². The summed E-state index contributed by atoms with van der Waals surface area (Å²) in [6.45, 7) is 2.00. The van der Waals surface area contributed by atoms with Gasteiger partial charge >= 0.3 is 6.18 Å². The number of amides is 1. The second-order valence-corrected chi connectivity index (χ2v) is 5.29. The lowest BCUT2D eigenvalue weighted by Crippen LogP contribution is -2.30. The first-order valence-electron chi connectivity index (χ1n) is 6.35. The molecule has 0 aliphatic rings. The number of rotatable bonds is 3. The quantitative estimate of drug-likeness (QED) is 0.844. The Hall–Kier alpha value is -2.33. The Morgan fingerprint density at radius 1 is 1.27 bits per heavy atom. The van der Waals surface area contributed by atoms with Crippen molar-refractivity contribution in [3.63, 3.8) is 0 Å². The normalized spacial score (nSPS) is 11.0. The molecule has 0 atom stereocenters. The van der Waals surface area contributed by atoms with Crippen molar-refractivity contribution in [1.29, 1.82) is 5.26 Å². The topological polar surface area (TPSA) is 44.1 Å². The number of hydrogen-bond donors (Lipinski definition) is 0. The first-order valence-corrected chi connectivity index (χ1v) is 7.23. The van der Waals surface area contributed by atoms with Crippen LogP contribution in [0.1, 0.15) is 27.7 Å². The summed E-state index contributed by atoms with van der Waals surface area (Å²) in [6.07, 6.45) is -4.42. The van der Waals surface area contributed by atoms with E-state index in [1.54, 1.807) is 18.4 Å². The van der Waals surface area contributed by atoms with E-state index in [4.69, 9.17) is 5.26 Å². The standard InChI is InChI=1S/C15H11F3N2OS/c1-2-20(14(21)13-10(9-19)7-8-22-13)12-5-3-11(4-6-12)15(16,17)18/h3-8H,2H2,1H3. The molecule has 7 heteroatoms. The Kier molecular flexibility index (Phi) is 4.52. The van der Waals surface area contributed by atoms with E-state index in [1.807, 2.05) is 6.07 Å². The van der Waals surface area contributed by atoms with Gasteiger partial charge in [-0.25, -0.2) is 0 Å². The number of anilines is 1. The van der Waals surface area contributed by atoms with E-state index in [9.17, 15) is 18.0 Å². The van der Waals surface area contributed by atoms with Crippen LogP contribution in [0.4, 0.5) is 18.9 Å². The maximum atomic E-state index is 12.6. The van der Waals surface area contributed by atoms with Crippen LogP contribution in [0.2, 0.25) is 0 Å². The van der Waals surface area contributed by atoms with Gasteiger partial charge in [0.25, 0.3) is 5.91 Å². The summed E-state index contributed by atoms with van der Waals surface area (Å²) < 4.78 is 37.7. The van der Waals surface area contributed by atoms with Gasteiger partial charge in [0, 0.05) is 12.2 Å². The van der Waals surface area contributed by atoms with Gasteiger partial charge in [0.1, 0.15) is 10.9 Å². The van der Waals surface area contributed by atoms with Crippen LogP contribution < -0.4 is 4.90 Å². The fourth-order valence-corrected chi connectivity index (χ4v) is 2.75. The molecule has 1 aromatic carbocycles. The SMILES string of the molecule is CCN(C(=O)c1sccc1C#N)c1ccc(C(F)(F)F)cc1. The number of halogens is 3. The molecule has 0 saturated heterocycles. The molecule has 0 spiro atoms. The fraction of sp³-hybridized carbons (Fsp3) is 0.200. The van der Waals surface area contributed by atoms with Crippen molar-refractivity contribution in [3.05, 3.63) is 51.7 Å². The van der Waals surface area contributed by atoms with Crippen LogP contribution in [0.5, 0.6) is 0 Å². The highest BCUT2D eigenvalue weighted by Crippen LogP contribution is 2.31. The number of alkyl halides is 3. The first kappa shape index (κ1) is 16.0. The molecule has 0 saturated carbocycles. The number of thiophene rings is 1. The third-order valence-corrected chi connectivity index (χ3v) is 3.95. The predicted molar refractivity (Wildman–Crippen MR) is 77.8 cm³/mol. The molecule has 1 aromatic heterocycles. The van der Waals surface area contributed by atoms with E-state index in [0.29, 0.717) is 5.69 Å². The molecule has 1 heterocycles. The minimum Gasteiger partial charge on any atom is -0.308 e. The van der Waals surface area contributed by atoms with E-state index in [1.165, 1.54) is 17.0 Å². The Morgan fingerprint density at radius 3 is 2.41 bits per heavy atom. The lowest BCUT2D eigenvalue weighted by Gasteiger charge is -2.21.